The fourth-order valence-corrected chi connectivity index (χ4v) is 2.13. The van der Waals surface area contributed by atoms with Gasteiger partial charge in [-0.25, -0.2) is 9.78 Å². The van der Waals surface area contributed by atoms with E-state index >= 15 is 0 Å². The van der Waals surface area contributed by atoms with Crippen LogP contribution < -0.4 is 0 Å². The Hall–Kier alpha value is -1.42. The quantitative estimate of drug-likeness (QED) is 0.674. The van der Waals surface area contributed by atoms with Gasteiger partial charge in [0, 0.05) is 0 Å². The van der Waals surface area contributed by atoms with Crippen molar-refractivity contribution in [1.29, 1.82) is 0 Å². The summed E-state index contributed by atoms with van der Waals surface area (Å²) in [6, 6.07) is 3.58. The number of ether oxygens (including phenoxy) is 1. The minimum absolute atomic E-state index is 0.363. The first-order valence-corrected chi connectivity index (χ1v) is 5.03. The van der Waals surface area contributed by atoms with Crippen molar-refractivity contribution in [1.82, 2.24) is 4.98 Å². The van der Waals surface area contributed by atoms with Gasteiger partial charge in [-0.05, 0) is 30.0 Å². The standard InChI is InChI=1S/C10H9NO2S/c1-6-5-14-8-4-3-7(10(12)13-2)11-9(6)8/h3-5H,1-2H3. The van der Waals surface area contributed by atoms with Gasteiger partial charge in [0.1, 0.15) is 5.69 Å². The number of aromatic nitrogens is 1. The molecular weight excluding hydrogens is 198 g/mol. The molecule has 0 aromatic carbocycles. The van der Waals surface area contributed by atoms with Crippen molar-refractivity contribution >= 4 is 27.5 Å². The Kier molecular flexibility index (Phi) is 2.21. The van der Waals surface area contributed by atoms with Crippen LogP contribution in [-0.2, 0) is 4.74 Å². The molecule has 2 heterocycles. The van der Waals surface area contributed by atoms with E-state index in [0.29, 0.717) is 5.69 Å². The van der Waals surface area contributed by atoms with E-state index < -0.39 is 5.97 Å². The first-order chi connectivity index (χ1) is 6.72. The highest BCUT2D eigenvalue weighted by Gasteiger charge is 2.09. The minimum Gasteiger partial charge on any atom is -0.464 e. The van der Waals surface area contributed by atoms with E-state index in [0.717, 1.165) is 15.8 Å². The number of rotatable bonds is 1. The van der Waals surface area contributed by atoms with Crippen molar-refractivity contribution in [3.63, 3.8) is 0 Å². The zero-order valence-corrected chi connectivity index (χ0v) is 8.72. The topological polar surface area (TPSA) is 39.2 Å². The van der Waals surface area contributed by atoms with E-state index in [1.807, 2.05) is 18.4 Å². The lowest BCUT2D eigenvalue weighted by Crippen LogP contribution is -2.03. The van der Waals surface area contributed by atoms with E-state index in [2.05, 4.69) is 9.72 Å². The zero-order valence-electron chi connectivity index (χ0n) is 7.90. The lowest BCUT2D eigenvalue weighted by molar-refractivity contribution is 0.0594. The summed E-state index contributed by atoms with van der Waals surface area (Å²) in [5, 5.41) is 2.03. The van der Waals surface area contributed by atoms with Crippen molar-refractivity contribution in [3.8, 4) is 0 Å². The SMILES string of the molecule is COC(=O)c1ccc2scc(C)c2n1. The summed E-state index contributed by atoms with van der Waals surface area (Å²) in [5.74, 6) is -0.391. The fraction of sp³-hybridized carbons (Fsp3) is 0.200. The van der Waals surface area contributed by atoms with Gasteiger partial charge in [-0.3, -0.25) is 0 Å². The molecule has 0 aliphatic carbocycles. The lowest BCUT2D eigenvalue weighted by Gasteiger charge is -1.98. The highest BCUT2D eigenvalue weighted by atomic mass is 32.1. The van der Waals surface area contributed by atoms with Gasteiger partial charge in [-0.1, -0.05) is 0 Å². The van der Waals surface area contributed by atoms with Crippen LogP contribution in [0.3, 0.4) is 0 Å². The third-order valence-corrected chi connectivity index (χ3v) is 3.04. The number of carbonyl (C=O) groups excluding carboxylic acids is 1. The maximum atomic E-state index is 11.2. The molecule has 72 valence electrons. The molecule has 0 atom stereocenters. The number of pyridine rings is 1. The average Bonchev–Trinajstić information content (AvgIpc) is 2.59. The highest BCUT2D eigenvalue weighted by Crippen LogP contribution is 2.23. The smallest absolute Gasteiger partial charge is 0.356 e. The van der Waals surface area contributed by atoms with Gasteiger partial charge in [0.15, 0.2) is 0 Å². The molecule has 0 amide bonds. The van der Waals surface area contributed by atoms with Crippen LogP contribution in [0.4, 0.5) is 0 Å². The molecule has 0 N–H and O–H groups in total. The van der Waals surface area contributed by atoms with Crippen molar-refractivity contribution < 1.29 is 9.53 Å². The summed E-state index contributed by atoms with van der Waals surface area (Å²) in [5.41, 5.74) is 2.34. The summed E-state index contributed by atoms with van der Waals surface area (Å²) in [4.78, 5) is 15.5. The predicted molar refractivity (Wildman–Crippen MR) is 55.7 cm³/mol. The average molecular weight is 207 g/mol. The summed E-state index contributed by atoms with van der Waals surface area (Å²) >= 11 is 1.63. The van der Waals surface area contributed by atoms with Gasteiger partial charge in [-0.2, -0.15) is 0 Å². The second-order valence-corrected chi connectivity index (χ2v) is 3.86. The minimum atomic E-state index is -0.391. The molecule has 0 fully saturated rings. The molecule has 2 aromatic heterocycles. The van der Waals surface area contributed by atoms with Gasteiger partial charge in [0.2, 0.25) is 0 Å². The molecule has 2 rings (SSSR count). The Morgan fingerprint density at radius 1 is 1.50 bits per heavy atom. The molecule has 14 heavy (non-hydrogen) atoms. The number of esters is 1. The molecule has 0 bridgehead atoms. The van der Waals surface area contributed by atoms with Gasteiger partial charge < -0.3 is 4.74 Å². The number of aryl methyl sites for hydroxylation is 1. The third kappa shape index (κ3) is 1.37. The van der Waals surface area contributed by atoms with Crippen LogP contribution in [0.25, 0.3) is 10.2 Å². The van der Waals surface area contributed by atoms with Crippen molar-refractivity contribution in [3.05, 3.63) is 28.8 Å². The number of carbonyl (C=O) groups is 1. The number of thiophene rings is 1. The lowest BCUT2D eigenvalue weighted by atomic mass is 10.2. The van der Waals surface area contributed by atoms with Crippen LogP contribution in [0.5, 0.6) is 0 Å². The van der Waals surface area contributed by atoms with Gasteiger partial charge in [-0.15, -0.1) is 11.3 Å². The van der Waals surface area contributed by atoms with E-state index in [-0.39, 0.29) is 0 Å². The van der Waals surface area contributed by atoms with Crippen LogP contribution in [0.2, 0.25) is 0 Å². The molecule has 0 aliphatic heterocycles. The van der Waals surface area contributed by atoms with Crippen LogP contribution >= 0.6 is 11.3 Å². The van der Waals surface area contributed by atoms with E-state index in [9.17, 15) is 4.79 Å². The zero-order chi connectivity index (χ0) is 10.1. The number of fused-ring (bicyclic) bond motifs is 1. The second kappa shape index (κ2) is 3.38. The van der Waals surface area contributed by atoms with Gasteiger partial charge in [0.25, 0.3) is 0 Å². The number of methoxy groups -OCH3 is 1. The summed E-state index contributed by atoms with van der Waals surface area (Å²) < 4.78 is 5.70. The first kappa shape index (κ1) is 9.15. The molecule has 2 aromatic rings. The monoisotopic (exact) mass is 207 g/mol. The maximum absolute atomic E-state index is 11.2. The second-order valence-electron chi connectivity index (χ2n) is 2.95. The van der Waals surface area contributed by atoms with Crippen LogP contribution in [-0.4, -0.2) is 18.1 Å². The third-order valence-electron chi connectivity index (χ3n) is 1.99. The molecular formula is C10H9NO2S. The molecule has 0 saturated heterocycles. The van der Waals surface area contributed by atoms with Crippen molar-refractivity contribution in [2.45, 2.75) is 6.92 Å². The highest BCUT2D eigenvalue weighted by molar-refractivity contribution is 7.17. The number of hydrogen-bond acceptors (Lipinski definition) is 4. The Morgan fingerprint density at radius 3 is 3.00 bits per heavy atom. The molecule has 3 nitrogen and oxygen atoms in total. The fourth-order valence-electron chi connectivity index (χ4n) is 1.25. The number of nitrogens with zero attached hydrogens (tertiary/aromatic N) is 1. The molecule has 0 spiro atoms. The number of hydrogen-bond donors (Lipinski definition) is 0. The van der Waals surface area contributed by atoms with E-state index in [4.69, 9.17) is 0 Å². The van der Waals surface area contributed by atoms with E-state index in [1.54, 1.807) is 17.4 Å². The van der Waals surface area contributed by atoms with Gasteiger partial charge >= 0.3 is 5.97 Å². The summed E-state index contributed by atoms with van der Waals surface area (Å²) in [7, 11) is 1.36. The molecule has 4 heteroatoms. The molecule has 0 saturated carbocycles. The summed E-state index contributed by atoms with van der Waals surface area (Å²) in [6.45, 7) is 1.98. The Morgan fingerprint density at radius 2 is 2.29 bits per heavy atom. The van der Waals surface area contributed by atoms with Crippen molar-refractivity contribution in [2.24, 2.45) is 0 Å². The van der Waals surface area contributed by atoms with Crippen molar-refractivity contribution in [2.75, 3.05) is 7.11 Å². The van der Waals surface area contributed by atoms with Gasteiger partial charge in [0.05, 0.1) is 17.3 Å². The molecule has 0 radical (unpaired) electrons. The predicted octanol–water partition coefficient (Wildman–Crippen LogP) is 2.39. The maximum Gasteiger partial charge on any atom is 0.356 e. The normalized spacial score (nSPS) is 10.4. The Labute approximate surface area is 85.3 Å². The first-order valence-electron chi connectivity index (χ1n) is 4.15. The Balaban J connectivity index is 2.60. The van der Waals surface area contributed by atoms with Crippen LogP contribution in [0.1, 0.15) is 16.1 Å². The van der Waals surface area contributed by atoms with Crippen LogP contribution in [0.15, 0.2) is 17.5 Å². The van der Waals surface area contributed by atoms with E-state index in [1.165, 1.54) is 7.11 Å². The molecule has 0 unspecified atom stereocenters. The largest absolute Gasteiger partial charge is 0.464 e. The van der Waals surface area contributed by atoms with Crippen LogP contribution in [0, 0.1) is 6.92 Å². The molecule has 0 aliphatic rings. The Bertz CT molecular complexity index is 490. The summed E-state index contributed by atoms with van der Waals surface area (Å²) in [6.07, 6.45) is 0.